The number of amides is 2. The van der Waals surface area contributed by atoms with E-state index in [1.807, 2.05) is 88.4 Å². The summed E-state index contributed by atoms with van der Waals surface area (Å²) in [5.41, 5.74) is 2.54. The quantitative estimate of drug-likeness (QED) is 0.267. The summed E-state index contributed by atoms with van der Waals surface area (Å²) in [5.74, 6) is 0.888. The average molecular weight is 547 g/mol. The van der Waals surface area contributed by atoms with Gasteiger partial charge >= 0.3 is 0 Å². The van der Waals surface area contributed by atoms with Crippen LogP contribution in [0.1, 0.15) is 69.7 Å². The van der Waals surface area contributed by atoms with E-state index in [4.69, 9.17) is 9.47 Å². The summed E-state index contributed by atoms with van der Waals surface area (Å²) in [7, 11) is 0. The zero-order valence-electron chi connectivity index (χ0n) is 24.1. The molecule has 214 valence electrons. The van der Waals surface area contributed by atoms with Gasteiger partial charge in [0.1, 0.15) is 11.8 Å². The highest BCUT2D eigenvalue weighted by Crippen LogP contribution is 2.42. The first-order chi connectivity index (χ1) is 19.5. The maximum absolute atomic E-state index is 13.9. The van der Waals surface area contributed by atoms with Gasteiger partial charge in [0.25, 0.3) is 0 Å². The van der Waals surface area contributed by atoms with Crippen molar-refractivity contribution in [2.24, 2.45) is 0 Å². The molecule has 1 atom stereocenters. The number of benzene rings is 3. The van der Waals surface area contributed by atoms with Crippen molar-refractivity contribution in [1.82, 2.24) is 10.2 Å². The normalized spacial score (nSPS) is 12.9. The fraction of sp³-hybridized carbons (Fsp3) is 0.394. The molecule has 0 saturated heterocycles. The van der Waals surface area contributed by atoms with E-state index < -0.39 is 6.04 Å². The van der Waals surface area contributed by atoms with Gasteiger partial charge in [-0.1, -0.05) is 68.4 Å². The summed E-state index contributed by atoms with van der Waals surface area (Å²) in [4.78, 5) is 29.4. The van der Waals surface area contributed by atoms with Gasteiger partial charge in [-0.2, -0.15) is 0 Å². The molecule has 7 heteroatoms. The molecule has 3 aromatic rings. The van der Waals surface area contributed by atoms with Crippen molar-refractivity contribution in [3.63, 3.8) is 0 Å². The Morgan fingerprint density at radius 3 is 2.20 bits per heavy atom. The summed E-state index contributed by atoms with van der Waals surface area (Å²) < 4.78 is 11.9. The Hall–Kier alpha value is -4.00. The molecule has 0 heterocycles. The second kappa shape index (κ2) is 15.6. The zero-order chi connectivity index (χ0) is 28.9. The fourth-order valence-electron chi connectivity index (χ4n) is 4.57. The molecule has 40 heavy (non-hydrogen) atoms. The number of aromatic hydroxyl groups is 1. The number of nitrogens with zero attached hydrogens (tertiary/aromatic N) is 1. The number of aryl methyl sites for hydroxylation is 1. The molecular weight excluding hydrogens is 504 g/mol. The molecule has 0 aromatic heterocycles. The maximum Gasteiger partial charge on any atom is 0.247 e. The number of phenols is 1. The maximum atomic E-state index is 13.9. The van der Waals surface area contributed by atoms with Gasteiger partial charge < -0.3 is 24.8 Å². The van der Waals surface area contributed by atoms with Crippen LogP contribution in [0.15, 0.2) is 72.8 Å². The van der Waals surface area contributed by atoms with E-state index in [1.165, 1.54) is 0 Å². The van der Waals surface area contributed by atoms with Crippen molar-refractivity contribution < 1.29 is 24.2 Å². The van der Waals surface area contributed by atoms with Crippen molar-refractivity contribution >= 4 is 11.8 Å². The summed E-state index contributed by atoms with van der Waals surface area (Å²) in [6.07, 6.45) is 2.46. The predicted molar refractivity (Wildman–Crippen MR) is 157 cm³/mol. The van der Waals surface area contributed by atoms with Crippen molar-refractivity contribution in [3.8, 4) is 17.2 Å². The molecule has 4 rings (SSSR count). The molecule has 0 aliphatic heterocycles. The number of hydrogen-bond acceptors (Lipinski definition) is 5. The number of phenolic OH excluding ortho intramolecular Hbond substituents is 1. The largest absolute Gasteiger partial charge is 0.508 e. The summed E-state index contributed by atoms with van der Waals surface area (Å²) in [6, 6.07) is 21.2. The van der Waals surface area contributed by atoms with Crippen LogP contribution in [0.3, 0.4) is 0 Å². The number of carbonyl (C=O) groups is 2. The van der Waals surface area contributed by atoms with E-state index in [1.54, 1.807) is 17.0 Å². The van der Waals surface area contributed by atoms with E-state index >= 15 is 0 Å². The van der Waals surface area contributed by atoms with Crippen molar-refractivity contribution in [3.05, 3.63) is 89.5 Å². The number of rotatable bonds is 13. The van der Waals surface area contributed by atoms with Gasteiger partial charge in [-0.05, 0) is 62.4 Å². The number of ether oxygens (including phenoxy) is 2. The number of carbonyl (C=O) groups excluding carboxylic acids is 2. The van der Waals surface area contributed by atoms with Gasteiger partial charge in [0.05, 0.1) is 13.2 Å². The highest BCUT2D eigenvalue weighted by atomic mass is 16.5. The topological polar surface area (TPSA) is 88.1 Å². The van der Waals surface area contributed by atoms with E-state index in [-0.39, 0.29) is 30.0 Å². The predicted octanol–water partition coefficient (Wildman–Crippen LogP) is 6.20. The first-order valence-electron chi connectivity index (χ1n) is 14.3. The third-order valence-corrected chi connectivity index (χ3v) is 6.52. The van der Waals surface area contributed by atoms with Crippen molar-refractivity contribution in [2.75, 3.05) is 13.2 Å². The zero-order valence-corrected chi connectivity index (χ0v) is 24.1. The van der Waals surface area contributed by atoms with Crippen LogP contribution in [0.4, 0.5) is 0 Å². The molecule has 0 radical (unpaired) electrons. The second-order valence-electron chi connectivity index (χ2n) is 9.35. The monoisotopic (exact) mass is 546 g/mol. The van der Waals surface area contributed by atoms with Crippen molar-refractivity contribution in [1.29, 1.82) is 0 Å². The van der Waals surface area contributed by atoms with Crippen LogP contribution in [-0.2, 0) is 22.6 Å². The van der Waals surface area contributed by atoms with Gasteiger partial charge in [0.2, 0.25) is 11.8 Å². The van der Waals surface area contributed by atoms with E-state index in [2.05, 4.69) is 5.32 Å². The smallest absolute Gasteiger partial charge is 0.247 e. The molecule has 1 aliphatic carbocycles. The standard InChI is InChI=1S/C31H36N2O5.C2H6/c1-3-37-27-12-8-11-26(30(27)38-4-2)29(31(36)32-21-23-9-6-5-7-10-23)33(24-16-17-24)28(35)20-15-22-13-18-25(34)19-14-22;1-2/h5-14,18-19,24,29,34H,3-4,15-17,20-21H2,1-2H3,(H,32,36);1-2H3. The van der Waals surface area contributed by atoms with Gasteiger partial charge in [0.15, 0.2) is 11.5 Å². The highest BCUT2D eigenvalue weighted by Gasteiger charge is 2.42. The minimum atomic E-state index is -0.861. The first kappa shape index (κ1) is 30.5. The highest BCUT2D eigenvalue weighted by molar-refractivity contribution is 5.90. The Morgan fingerprint density at radius 1 is 0.900 bits per heavy atom. The van der Waals surface area contributed by atoms with Gasteiger partial charge in [-0.3, -0.25) is 9.59 Å². The molecule has 2 N–H and O–H groups in total. The summed E-state index contributed by atoms with van der Waals surface area (Å²) in [5, 5.41) is 12.6. The Bertz CT molecular complexity index is 1210. The SMILES string of the molecule is CC.CCOc1cccc(C(C(=O)NCc2ccccc2)N(C(=O)CCc2ccc(O)cc2)C2CC2)c1OCC. The van der Waals surface area contributed by atoms with Gasteiger partial charge in [-0.25, -0.2) is 0 Å². The molecule has 7 nitrogen and oxygen atoms in total. The van der Waals surface area contributed by atoms with Crippen LogP contribution in [-0.4, -0.2) is 41.1 Å². The molecule has 0 bridgehead atoms. The van der Waals surface area contributed by atoms with Gasteiger partial charge in [0, 0.05) is 24.6 Å². The molecule has 1 aliphatic rings. The molecule has 2 amide bonds. The summed E-state index contributed by atoms with van der Waals surface area (Å²) >= 11 is 0. The summed E-state index contributed by atoms with van der Waals surface area (Å²) in [6.45, 7) is 8.99. The molecule has 1 fully saturated rings. The molecule has 3 aromatic carbocycles. The van der Waals surface area contributed by atoms with Crippen LogP contribution in [0.5, 0.6) is 17.2 Å². The van der Waals surface area contributed by atoms with Gasteiger partial charge in [-0.15, -0.1) is 0 Å². The Morgan fingerprint density at radius 2 is 1.57 bits per heavy atom. The van der Waals surface area contributed by atoms with Crippen LogP contribution in [0, 0.1) is 0 Å². The average Bonchev–Trinajstić information content (AvgIpc) is 3.82. The molecule has 1 saturated carbocycles. The minimum Gasteiger partial charge on any atom is -0.508 e. The Balaban J connectivity index is 0.00000216. The number of hydrogen-bond donors (Lipinski definition) is 2. The fourth-order valence-corrected chi connectivity index (χ4v) is 4.57. The molecule has 0 spiro atoms. The van der Waals surface area contributed by atoms with Crippen LogP contribution in [0.2, 0.25) is 0 Å². The van der Waals surface area contributed by atoms with E-state index in [9.17, 15) is 14.7 Å². The lowest BCUT2D eigenvalue weighted by Crippen LogP contribution is -2.45. The lowest BCUT2D eigenvalue weighted by molar-refractivity contribution is -0.141. The van der Waals surface area contributed by atoms with Crippen LogP contribution < -0.4 is 14.8 Å². The second-order valence-corrected chi connectivity index (χ2v) is 9.35. The molecule has 1 unspecified atom stereocenters. The van der Waals surface area contributed by atoms with E-state index in [0.29, 0.717) is 43.2 Å². The van der Waals surface area contributed by atoms with Crippen molar-refractivity contribution in [2.45, 2.75) is 72.0 Å². The molecular formula is C33H42N2O5. The van der Waals surface area contributed by atoms with Crippen LogP contribution >= 0.6 is 0 Å². The third-order valence-electron chi connectivity index (χ3n) is 6.52. The van der Waals surface area contributed by atoms with Crippen LogP contribution in [0.25, 0.3) is 0 Å². The number of nitrogens with one attached hydrogen (secondary N) is 1. The Labute approximate surface area is 238 Å². The first-order valence-corrected chi connectivity index (χ1v) is 14.3. The lowest BCUT2D eigenvalue weighted by atomic mass is 10.00. The Kier molecular flexibility index (Phi) is 11.9. The number of para-hydroxylation sites is 1. The minimum absolute atomic E-state index is 0.0139. The van der Waals surface area contributed by atoms with E-state index in [0.717, 1.165) is 24.0 Å². The third kappa shape index (κ3) is 8.25. The lowest BCUT2D eigenvalue weighted by Gasteiger charge is -2.33.